The number of aromatic amines is 1. The largest absolute Gasteiger partial charge is 0.496 e. The van der Waals surface area contributed by atoms with E-state index in [1.54, 1.807) is 18.2 Å². The average molecular weight is 370 g/mol. The van der Waals surface area contributed by atoms with Crippen molar-refractivity contribution in [3.63, 3.8) is 0 Å². The van der Waals surface area contributed by atoms with Gasteiger partial charge in [-0.2, -0.15) is 0 Å². The topological polar surface area (TPSA) is 75.2 Å². The molecule has 0 aliphatic rings. The molecule has 0 spiro atoms. The number of carbonyl (C=O) groups is 1. The third-order valence-corrected chi connectivity index (χ3v) is 4.47. The standard InChI is InChI=1S/C23H18N2O3/c1-28-21-14-16(11-12-18(21)23(26)27)10-9-15-5-4-6-17(13-15)22-24-19-7-2-3-8-20(19)25-22/h2-14H,1H3,(H,24,25)(H,26,27). The van der Waals surface area contributed by atoms with Crippen molar-refractivity contribution in [3.05, 3.63) is 83.4 Å². The molecule has 0 radical (unpaired) electrons. The van der Waals surface area contributed by atoms with Gasteiger partial charge >= 0.3 is 5.97 Å². The first-order valence-electron chi connectivity index (χ1n) is 8.78. The number of para-hydroxylation sites is 2. The molecule has 28 heavy (non-hydrogen) atoms. The van der Waals surface area contributed by atoms with Crippen LogP contribution in [0.5, 0.6) is 5.75 Å². The van der Waals surface area contributed by atoms with E-state index in [1.807, 2.05) is 54.6 Å². The number of benzene rings is 3. The summed E-state index contributed by atoms with van der Waals surface area (Å²) >= 11 is 0. The van der Waals surface area contributed by atoms with E-state index in [1.165, 1.54) is 7.11 Å². The minimum Gasteiger partial charge on any atom is -0.496 e. The van der Waals surface area contributed by atoms with Gasteiger partial charge < -0.3 is 14.8 Å². The van der Waals surface area contributed by atoms with Gasteiger partial charge in [0.25, 0.3) is 0 Å². The molecular weight excluding hydrogens is 352 g/mol. The van der Waals surface area contributed by atoms with Crippen LogP contribution in [0.15, 0.2) is 66.7 Å². The van der Waals surface area contributed by atoms with Gasteiger partial charge in [0.05, 0.1) is 18.1 Å². The fourth-order valence-electron chi connectivity index (χ4n) is 3.06. The Labute approximate surface area is 161 Å². The third-order valence-electron chi connectivity index (χ3n) is 4.47. The molecule has 0 aliphatic carbocycles. The van der Waals surface area contributed by atoms with Crippen LogP contribution in [-0.4, -0.2) is 28.2 Å². The predicted molar refractivity (Wildman–Crippen MR) is 110 cm³/mol. The molecule has 5 nitrogen and oxygen atoms in total. The number of hydrogen-bond acceptors (Lipinski definition) is 3. The highest BCUT2D eigenvalue weighted by atomic mass is 16.5. The Bertz CT molecular complexity index is 1160. The second kappa shape index (κ2) is 7.40. The summed E-state index contributed by atoms with van der Waals surface area (Å²) < 4.78 is 5.18. The highest BCUT2D eigenvalue weighted by molar-refractivity contribution is 5.91. The molecule has 0 fully saturated rings. The number of aromatic nitrogens is 2. The quantitative estimate of drug-likeness (QED) is 0.479. The van der Waals surface area contributed by atoms with E-state index in [-0.39, 0.29) is 5.56 Å². The van der Waals surface area contributed by atoms with Gasteiger partial charge in [-0.15, -0.1) is 0 Å². The summed E-state index contributed by atoms with van der Waals surface area (Å²) in [6.45, 7) is 0. The Hall–Kier alpha value is -3.86. The van der Waals surface area contributed by atoms with E-state index in [9.17, 15) is 9.90 Å². The number of H-pyrrole nitrogens is 1. The maximum Gasteiger partial charge on any atom is 0.339 e. The molecule has 5 heteroatoms. The van der Waals surface area contributed by atoms with Gasteiger partial charge in [0.1, 0.15) is 17.1 Å². The van der Waals surface area contributed by atoms with E-state index >= 15 is 0 Å². The number of rotatable bonds is 5. The van der Waals surface area contributed by atoms with Crippen molar-refractivity contribution in [2.24, 2.45) is 0 Å². The number of imidazole rings is 1. The lowest BCUT2D eigenvalue weighted by Crippen LogP contribution is -2.00. The number of hydrogen-bond donors (Lipinski definition) is 2. The normalized spacial score (nSPS) is 11.2. The highest BCUT2D eigenvalue weighted by Crippen LogP contribution is 2.24. The molecule has 1 aromatic heterocycles. The van der Waals surface area contributed by atoms with Crippen LogP contribution >= 0.6 is 0 Å². The van der Waals surface area contributed by atoms with Crippen molar-refractivity contribution >= 4 is 29.2 Å². The maximum absolute atomic E-state index is 11.2. The lowest BCUT2D eigenvalue weighted by molar-refractivity contribution is 0.0693. The predicted octanol–water partition coefficient (Wildman–Crippen LogP) is 5.11. The zero-order chi connectivity index (χ0) is 19.5. The van der Waals surface area contributed by atoms with Crippen LogP contribution in [-0.2, 0) is 0 Å². The third kappa shape index (κ3) is 3.50. The highest BCUT2D eigenvalue weighted by Gasteiger charge is 2.10. The number of nitrogens with one attached hydrogen (secondary N) is 1. The summed E-state index contributed by atoms with van der Waals surface area (Å²) in [6, 6.07) is 21.0. The van der Waals surface area contributed by atoms with Crippen LogP contribution in [0.1, 0.15) is 21.5 Å². The summed E-state index contributed by atoms with van der Waals surface area (Å²) in [7, 11) is 1.46. The molecule has 2 N–H and O–H groups in total. The molecule has 0 atom stereocenters. The molecule has 3 aromatic carbocycles. The molecule has 138 valence electrons. The second-order valence-electron chi connectivity index (χ2n) is 6.33. The van der Waals surface area contributed by atoms with E-state index in [2.05, 4.69) is 16.0 Å². The van der Waals surface area contributed by atoms with E-state index < -0.39 is 5.97 Å². The Kier molecular flexibility index (Phi) is 4.64. The van der Waals surface area contributed by atoms with E-state index in [4.69, 9.17) is 4.74 Å². The van der Waals surface area contributed by atoms with Gasteiger partial charge in [0, 0.05) is 5.56 Å². The van der Waals surface area contributed by atoms with Crippen molar-refractivity contribution in [2.75, 3.05) is 7.11 Å². The number of carboxylic acid groups (broad SMARTS) is 1. The van der Waals surface area contributed by atoms with Crippen LogP contribution in [0.4, 0.5) is 0 Å². The molecule has 4 rings (SSSR count). The van der Waals surface area contributed by atoms with Gasteiger partial charge in [0.2, 0.25) is 0 Å². The fourth-order valence-corrected chi connectivity index (χ4v) is 3.06. The Morgan fingerprint density at radius 2 is 1.79 bits per heavy atom. The summed E-state index contributed by atoms with van der Waals surface area (Å²) in [6.07, 6.45) is 3.90. The number of aromatic carboxylic acids is 1. The minimum atomic E-state index is -1.01. The van der Waals surface area contributed by atoms with Gasteiger partial charge in [-0.1, -0.05) is 48.6 Å². The first kappa shape index (κ1) is 17.5. The average Bonchev–Trinajstić information content (AvgIpc) is 3.16. The molecule has 0 aliphatic heterocycles. The van der Waals surface area contributed by atoms with Crippen LogP contribution in [0, 0.1) is 0 Å². The van der Waals surface area contributed by atoms with Crippen LogP contribution in [0.3, 0.4) is 0 Å². The van der Waals surface area contributed by atoms with Gasteiger partial charge in [0.15, 0.2) is 0 Å². The smallest absolute Gasteiger partial charge is 0.339 e. The SMILES string of the molecule is COc1cc(C=Cc2cccc(-c3nc4ccccc4[nH]3)c2)ccc1C(=O)O. The summed E-state index contributed by atoms with van der Waals surface area (Å²) in [5, 5.41) is 9.18. The second-order valence-corrected chi connectivity index (χ2v) is 6.33. The molecule has 1 heterocycles. The minimum absolute atomic E-state index is 0.145. The molecule has 0 saturated heterocycles. The van der Waals surface area contributed by atoms with Gasteiger partial charge in [-0.3, -0.25) is 0 Å². The first-order valence-corrected chi connectivity index (χ1v) is 8.78. The number of carboxylic acids is 1. The molecule has 0 amide bonds. The number of fused-ring (bicyclic) bond motifs is 1. The van der Waals surface area contributed by atoms with Crippen molar-refractivity contribution in [3.8, 4) is 17.1 Å². The summed E-state index contributed by atoms with van der Waals surface area (Å²) in [4.78, 5) is 19.2. The molecule has 0 bridgehead atoms. The molecule has 4 aromatic rings. The van der Waals surface area contributed by atoms with Crippen molar-refractivity contribution in [2.45, 2.75) is 0 Å². The maximum atomic E-state index is 11.2. The van der Waals surface area contributed by atoms with Crippen molar-refractivity contribution in [1.29, 1.82) is 0 Å². The zero-order valence-electron chi connectivity index (χ0n) is 15.2. The van der Waals surface area contributed by atoms with Crippen molar-refractivity contribution < 1.29 is 14.6 Å². The Morgan fingerprint density at radius 3 is 2.54 bits per heavy atom. The lowest BCUT2D eigenvalue weighted by atomic mass is 10.1. The zero-order valence-corrected chi connectivity index (χ0v) is 15.2. The molecule has 0 saturated carbocycles. The number of methoxy groups -OCH3 is 1. The van der Waals surface area contributed by atoms with Crippen LogP contribution in [0.25, 0.3) is 34.6 Å². The molecule has 0 unspecified atom stereocenters. The van der Waals surface area contributed by atoms with Crippen molar-refractivity contribution in [1.82, 2.24) is 9.97 Å². The van der Waals surface area contributed by atoms with E-state index in [0.29, 0.717) is 5.75 Å². The Balaban J connectivity index is 1.62. The Morgan fingerprint density at radius 1 is 1.00 bits per heavy atom. The number of ether oxygens (including phenoxy) is 1. The van der Waals surface area contributed by atoms with Crippen LogP contribution < -0.4 is 4.74 Å². The van der Waals surface area contributed by atoms with Gasteiger partial charge in [-0.25, -0.2) is 9.78 Å². The summed E-state index contributed by atoms with van der Waals surface area (Å²) in [5.74, 6) is 0.153. The summed E-state index contributed by atoms with van der Waals surface area (Å²) in [5.41, 5.74) is 4.95. The fraction of sp³-hybridized carbons (Fsp3) is 0.0435. The van der Waals surface area contributed by atoms with E-state index in [0.717, 1.165) is 33.5 Å². The first-order chi connectivity index (χ1) is 13.6. The van der Waals surface area contributed by atoms with Crippen LogP contribution in [0.2, 0.25) is 0 Å². The number of nitrogens with zero attached hydrogens (tertiary/aromatic N) is 1. The monoisotopic (exact) mass is 370 g/mol. The van der Waals surface area contributed by atoms with Gasteiger partial charge in [-0.05, 0) is 41.5 Å². The lowest BCUT2D eigenvalue weighted by Gasteiger charge is -2.05. The molecular formula is C23H18N2O3.